The molecule has 2 rings (SSSR count). The predicted molar refractivity (Wildman–Crippen MR) is 68.4 cm³/mol. The van der Waals surface area contributed by atoms with Crippen molar-refractivity contribution in [1.82, 2.24) is 0 Å². The van der Waals surface area contributed by atoms with E-state index in [-0.39, 0.29) is 0 Å². The fraction of sp³-hybridized carbons (Fsp3) is 0.133. The molecule has 1 radical (unpaired) electrons. The summed E-state index contributed by atoms with van der Waals surface area (Å²) in [7, 11) is 0. The maximum atomic E-state index is 8.87. The van der Waals surface area contributed by atoms with Gasteiger partial charge in [-0.25, -0.2) is 0 Å². The highest BCUT2D eigenvalue weighted by molar-refractivity contribution is 5.46. The molecule has 0 fully saturated rings. The van der Waals surface area contributed by atoms with E-state index in [1.54, 1.807) is 0 Å². The van der Waals surface area contributed by atoms with Crippen molar-refractivity contribution in [2.24, 2.45) is 0 Å². The molecule has 0 heterocycles. The van der Waals surface area contributed by atoms with Crippen LogP contribution < -0.4 is 4.90 Å². The quantitative estimate of drug-likeness (QED) is 0.742. The van der Waals surface area contributed by atoms with Gasteiger partial charge in [-0.3, -0.25) is 0 Å². The van der Waals surface area contributed by atoms with Crippen molar-refractivity contribution >= 4 is 5.69 Å². The van der Waals surface area contributed by atoms with E-state index in [4.69, 9.17) is 5.26 Å². The Kier molecular flexibility index (Phi) is 3.77. The molecule has 0 saturated heterocycles. The number of hydrogen-bond donors (Lipinski definition) is 0. The molecular formula is C15H13N2. The summed E-state index contributed by atoms with van der Waals surface area (Å²) in [4.78, 5) is 2.01. The van der Waals surface area contributed by atoms with Crippen LogP contribution in [0.1, 0.15) is 5.56 Å². The van der Waals surface area contributed by atoms with Crippen molar-refractivity contribution in [1.29, 1.82) is 5.26 Å². The molecule has 83 valence electrons. The third kappa shape index (κ3) is 3.09. The van der Waals surface area contributed by atoms with E-state index < -0.39 is 0 Å². The average Bonchev–Trinajstić information content (AvgIpc) is 2.40. The van der Waals surface area contributed by atoms with E-state index in [0.29, 0.717) is 6.54 Å². The van der Waals surface area contributed by atoms with Crippen LogP contribution in [-0.4, -0.2) is 6.54 Å². The molecule has 0 aliphatic rings. The molecule has 0 aliphatic heterocycles. The number of para-hydroxylation sites is 1. The topological polar surface area (TPSA) is 27.0 Å². The van der Waals surface area contributed by atoms with Crippen LogP contribution in [0.25, 0.3) is 0 Å². The second kappa shape index (κ2) is 5.72. The van der Waals surface area contributed by atoms with Gasteiger partial charge in [-0.2, -0.15) is 5.26 Å². The minimum atomic E-state index is 0.370. The molecule has 2 aromatic rings. The zero-order chi connectivity index (χ0) is 11.9. The zero-order valence-electron chi connectivity index (χ0n) is 9.50. The molecule has 0 N–H and O–H groups in total. The summed E-state index contributed by atoms with van der Waals surface area (Å²) in [5.74, 6) is 0. The fourth-order valence-electron chi connectivity index (χ4n) is 1.70. The van der Waals surface area contributed by atoms with Crippen molar-refractivity contribution in [3.63, 3.8) is 0 Å². The van der Waals surface area contributed by atoms with Crippen molar-refractivity contribution < 1.29 is 0 Å². The summed E-state index contributed by atoms with van der Waals surface area (Å²) >= 11 is 0. The second-order valence-electron chi connectivity index (χ2n) is 3.75. The molecule has 0 unspecified atom stereocenters. The van der Waals surface area contributed by atoms with Gasteiger partial charge >= 0.3 is 0 Å². The Bertz CT molecular complexity index is 485. The highest BCUT2D eigenvalue weighted by atomic mass is 15.1. The Balaban J connectivity index is 2.17. The summed E-state index contributed by atoms with van der Waals surface area (Å²) < 4.78 is 0. The third-order valence-corrected chi connectivity index (χ3v) is 2.51. The predicted octanol–water partition coefficient (Wildman–Crippen LogP) is 3.02. The lowest BCUT2D eigenvalue weighted by atomic mass is 10.2. The summed E-state index contributed by atoms with van der Waals surface area (Å²) in [5.41, 5.74) is 2.15. The van der Waals surface area contributed by atoms with E-state index in [0.717, 1.165) is 12.2 Å². The van der Waals surface area contributed by atoms with Crippen LogP contribution in [0.15, 0.2) is 54.6 Å². The molecule has 0 spiro atoms. The summed E-state index contributed by atoms with van der Waals surface area (Å²) in [5, 5.41) is 8.87. The van der Waals surface area contributed by atoms with Gasteiger partial charge in [0.15, 0.2) is 0 Å². The lowest BCUT2D eigenvalue weighted by Crippen LogP contribution is -2.22. The molecule has 0 aliphatic carbocycles. The Morgan fingerprint density at radius 1 is 1.06 bits per heavy atom. The summed E-state index contributed by atoms with van der Waals surface area (Å²) in [6, 6.07) is 23.2. The number of nitriles is 1. The lowest BCUT2D eigenvalue weighted by Gasteiger charge is -2.21. The van der Waals surface area contributed by atoms with Gasteiger partial charge in [-0.1, -0.05) is 48.5 Å². The number of hydrogen-bond acceptors (Lipinski definition) is 2. The van der Waals surface area contributed by atoms with Crippen LogP contribution in [0.3, 0.4) is 0 Å². The van der Waals surface area contributed by atoms with E-state index in [9.17, 15) is 0 Å². The Hall–Kier alpha value is -2.27. The zero-order valence-corrected chi connectivity index (χ0v) is 9.50. The Morgan fingerprint density at radius 3 is 2.47 bits per heavy atom. The largest absolute Gasteiger partial charge is 0.353 e. The van der Waals surface area contributed by atoms with Crippen molar-refractivity contribution in [2.75, 3.05) is 11.4 Å². The second-order valence-corrected chi connectivity index (χ2v) is 3.75. The van der Waals surface area contributed by atoms with E-state index >= 15 is 0 Å². The van der Waals surface area contributed by atoms with Gasteiger partial charge in [0.2, 0.25) is 0 Å². The van der Waals surface area contributed by atoms with Gasteiger partial charge in [-0.15, -0.1) is 0 Å². The minimum Gasteiger partial charge on any atom is -0.353 e. The number of benzene rings is 2. The number of nitrogens with zero attached hydrogens (tertiary/aromatic N) is 2. The van der Waals surface area contributed by atoms with E-state index in [2.05, 4.69) is 24.3 Å². The molecule has 2 nitrogen and oxygen atoms in total. The average molecular weight is 221 g/mol. The van der Waals surface area contributed by atoms with Gasteiger partial charge in [0.05, 0.1) is 6.07 Å². The fourth-order valence-corrected chi connectivity index (χ4v) is 1.70. The normalized spacial score (nSPS) is 9.59. The van der Waals surface area contributed by atoms with Crippen LogP contribution in [0.5, 0.6) is 0 Å². The Morgan fingerprint density at radius 2 is 1.82 bits per heavy atom. The monoisotopic (exact) mass is 221 g/mol. The third-order valence-electron chi connectivity index (χ3n) is 2.51. The van der Waals surface area contributed by atoms with Crippen LogP contribution in [-0.2, 0) is 6.54 Å². The maximum absolute atomic E-state index is 8.87. The van der Waals surface area contributed by atoms with Gasteiger partial charge in [0.1, 0.15) is 6.54 Å². The highest BCUT2D eigenvalue weighted by Gasteiger charge is 2.05. The van der Waals surface area contributed by atoms with Crippen molar-refractivity contribution in [2.45, 2.75) is 6.54 Å². The lowest BCUT2D eigenvalue weighted by molar-refractivity contribution is 0.871. The SMILES string of the molecule is N#CCN(Cc1ccccc1)c1[c]cccc1. The van der Waals surface area contributed by atoms with Gasteiger partial charge in [0, 0.05) is 18.3 Å². The van der Waals surface area contributed by atoms with Crippen molar-refractivity contribution in [3.8, 4) is 6.07 Å². The first-order valence-electron chi connectivity index (χ1n) is 5.52. The van der Waals surface area contributed by atoms with Crippen LogP contribution >= 0.6 is 0 Å². The molecule has 0 aromatic heterocycles. The van der Waals surface area contributed by atoms with Crippen LogP contribution in [0.4, 0.5) is 5.69 Å². The first kappa shape index (κ1) is 11.2. The molecule has 0 bridgehead atoms. The number of rotatable bonds is 4. The molecule has 17 heavy (non-hydrogen) atoms. The van der Waals surface area contributed by atoms with E-state index in [1.807, 2.05) is 47.4 Å². The van der Waals surface area contributed by atoms with E-state index in [1.165, 1.54) is 5.56 Å². The summed E-state index contributed by atoms with van der Waals surface area (Å²) in [6.07, 6.45) is 0. The maximum Gasteiger partial charge on any atom is 0.106 e. The van der Waals surface area contributed by atoms with Crippen molar-refractivity contribution in [3.05, 3.63) is 66.2 Å². The van der Waals surface area contributed by atoms with Gasteiger partial charge < -0.3 is 4.90 Å². The molecule has 0 amide bonds. The van der Waals surface area contributed by atoms with Gasteiger partial charge in [-0.05, 0) is 11.6 Å². The Labute approximate surface area is 102 Å². The standard InChI is InChI=1S/C15H13N2/c16-11-12-17(15-9-5-2-6-10-15)13-14-7-3-1-4-8-14/h1-9H,12-13H2. The van der Waals surface area contributed by atoms with Crippen LogP contribution in [0.2, 0.25) is 0 Å². The first-order chi connectivity index (χ1) is 8.40. The first-order valence-corrected chi connectivity index (χ1v) is 5.52. The van der Waals surface area contributed by atoms with Gasteiger partial charge in [0.25, 0.3) is 0 Å². The van der Waals surface area contributed by atoms with Crippen LogP contribution in [0, 0.1) is 17.4 Å². The molecular weight excluding hydrogens is 208 g/mol. The molecule has 0 atom stereocenters. The number of anilines is 1. The molecule has 0 saturated carbocycles. The highest BCUT2D eigenvalue weighted by Crippen LogP contribution is 2.15. The smallest absolute Gasteiger partial charge is 0.106 e. The molecule has 2 heteroatoms. The summed E-state index contributed by atoms with van der Waals surface area (Å²) in [6.45, 7) is 1.10. The minimum absolute atomic E-state index is 0.370. The molecule has 2 aromatic carbocycles.